The SMILES string of the molecule is COc1ccc(S(=O)(=O)NC[C@@H](c2ccco2)N2CCc3ccccc32)cc1. The number of ether oxygens (including phenoxy) is 1. The molecule has 0 amide bonds. The lowest BCUT2D eigenvalue weighted by atomic mass is 10.1. The predicted octanol–water partition coefficient (Wildman–Crippen LogP) is 3.37. The molecular weight excluding hydrogens is 376 g/mol. The number of nitrogens with one attached hydrogen (secondary N) is 1. The molecule has 3 aromatic rings. The summed E-state index contributed by atoms with van der Waals surface area (Å²) < 4.78 is 39.0. The van der Waals surface area contributed by atoms with E-state index in [0.29, 0.717) is 5.75 Å². The summed E-state index contributed by atoms with van der Waals surface area (Å²) >= 11 is 0. The van der Waals surface area contributed by atoms with Crippen LogP contribution in [0.25, 0.3) is 0 Å². The van der Waals surface area contributed by atoms with Gasteiger partial charge in [-0.3, -0.25) is 0 Å². The van der Waals surface area contributed by atoms with Crippen LogP contribution >= 0.6 is 0 Å². The topological polar surface area (TPSA) is 71.8 Å². The van der Waals surface area contributed by atoms with Gasteiger partial charge in [-0.15, -0.1) is 0 Å². The van der Waals surface area contributed by atoms with Crippen LogP contribution in [-0.2, 0) is 16.4 Å². The third kappa shape index (κ3) is 3.63. The van der Waals surface area contributed by atoms with Crippen molar-refractivity contribution in [1.29, 1.82) is 0 Å². The van der Waals surface area contributed by atoms with Gasteiger partial charge in [0.05, 0.1) is 18.3 Å². The Labute approximate surface area is 164 Å². The third-order valence-electron chi connectivity index (χ3n) is 5.01. The van der Waals surface area contributed by atoms with Crippen LogP contribution in [-0.4, -0.2) is 28.6 Å². The number of rotatable bonds is 7. The molecule has 0 saturated heterocycles. The fourth-order valence-electron chi connectivity index (χ4n) is 3.56. The van der Waals surface area contributed by atoms with Gasteiger partial charge < -0.3 is 14.1 Å². The van der Waals surface area contributed by atoms with Crippen molar-refractivity contribution >= 4 is 15.7 Å². The summed E-state index contributed by atoms with van der Waals surface area (Å²) in [5.41, 5.74) is 2.38. The fraction of sp³-hybridized carbons (Fsp3) is 0.238. The van der Waals surface area contributed by atoms with Gasteiger partial charge in [0.2, 0.25) is 10.0 Å². The van der Waals surface area contributed by atoms with Gasteiger partial charge in [-0.25, -0.2) is 13.1 Å². The quantitative estimate of drug-likeness (QED) is 0.661. The van der Waals surface area contributed by atoms with E-state index in [4.69, 9.17) is 9.15 Å². The number of benzene rings is 2. The number of methoxy groups -OCH3 is 1. The van der Waals surface area contributed by atoms with E-state index in [2.05, 4.69) is 21.8 Å². The second kappa shape index (κ2) is 7.69. The smallest absolute Gasteiger partial charge is 0.240 e. The summed E-state index contributed by atoms with van der Waals surface area (Å²) in [6, 6.07) is 18.0. The molecule has 6 nitrogen and oxygen atoms in total. The molecule has 7 heteroatoms. The van der Waals surface area contributed by atoms with E-state index in [1.807, 2.05) is 24.3 Å². The van der Waals surface area contributed by atoms with E-state index in [1.165, 1.54) is 17.7 Å². The molecular formula is C21H22N2O4S. The molecule has 0 radical (unpaired) electrons. The first-order chi connectivity index (χ1) is 13.6. The maximum absolute atomic E-state index is 12.8. The van der Waals surface area contributed by atoms with Crippen LogP contribution in [0.15, 0.2) is 76.2 Å². The molecule has 1 aromatic heterocycles. The lowest BCUT2D eigenvalue weighted by molar-refractivity contribution is 0.414. The highest BCUT2D eigenvalue weighted by molar-refractivity contribution is 7.89. The van der Waals surface area contributed by atoms with E-state index in [1.54, 1.807) is 25.5 Å². The number of fused-ring (bicyclic) bond motifs is 1. The van der Waals surface area contributed by atoms with E-state index in [0.717, 1.165) is 24.4 Å². The van der Waals surface area contributed by atoms with Gasteiger partial charge in [0.15, 0.2) is 0 Å². The molecule has 0 aliphatic carbocycles. The van der Waals surface area contributed by atoms with Gasteiger partial charge in [0.1, 0.15) is 17.6 Å². The summed E-state index contributed by atoms with van der Waals surface area (Å²) in [6.45, 7) is 1.02. The number of hydrogen-bond acceptors (Lipinski definition) is 5. The van der Waals surface area contributed by atoms with Crippen molar-refractivity contribution in [1.82, 2.24) is 4.72 Å². The minimum absolute atomic E-state index is 0.202. The molecule has 0 spiro atoms. The monoisotopic (exact) mass is 398 g/mol. The van der Waals surface area contributed by atoms with E-state index >= 15 is 0 Å². The molecule has 1 atom stereocenters. The zero-order chi connectivity index (χ0) is 19.6. The average Bonchev–Trinajstić information content (AvgIpc) is 3.39. The first kappa shape index (κ1) is 18.6. The Morgan fingerprint density at radius 1 is 1.11 bits per heavy atom. The molecule has 0 fully saturated rings. The molecule has 146 valence electrons. The lowest BCUT2D eigenvalue weighted by Gasteiger charge is -2.29. The Kier molecular flexibility index (Phi) is 5.11. The van der Waals surface area contributed by atoms with Crippen molar-refractivity contribution in [3.05, 3.63) is 78.3 Å². The van der Waals surface area contributed by atoms with E-state index in [-0.39, 0.29) is 17.5 Å². The van der Waals surface area contributed by atoms with Crippen molar-refractivity contribution in [3.8, 4) is 5.75 Å². The zero-order valence-corrected chi connectivity index (χ0v) is 16.4. The molecule has 4 rings (SSSR count). The van der Waals surface area contributed by atoms with Gasteiger partial charge in [0.25, 0.3) is 0 Å². The number of para-hydroxylation sites is 1. The van der Waals surface area contributed by atoms with E-state index in [9.17, 15) is 8.42 Å². The second-order valence-corrected chi connectivity index (χ2v) is 8.40. The average molecular weight is 398 g/mol. The molecule has 0 bridgehead atoms. The Hall–Kier alpha value is -2.77. The molecule has 0 saturated carbocycles. The first-order valence-electron chi connectivity index (χ1n) is 9.10. The third-order valence-corrected chi connectivity index (χ3v) is 6.45. The van der Waals surface area contributed by atoms with Gasteiger partial charge in [-0.05, 0) is 54.4 Å². The second-order valence-electron chi connectivity index (χ2n) is 6.63. The zero-order valence-electron chi connectivity index (χ0n) is 15.5. The van der Waals surface area contributed by atoms with Crippen LogP contribution in [0.3, 0.4) is 0 Å². The van der Waals surface area contributed by atoms with Crippen LogP contribution in [0.4, 0.5) is 5.69 Å². The largest absolute Gasteiger partial charge is 0.497 e. The Balaban J connectivity index is 1.57. The maximum Gasteiger partial charge on any atom is 0.240 e. The normalized spacial score (nSPS) is 14.7. The maximum atomic E-state index is 12.8. The number of anilines is 1. The van der Waals surface area contributed by atoms with Crippen LogP contribution in [0.5, 0.6) is 5.75 Å². The fourth-order valence-corrected chi connectivity index (χ4v) is 4.60. The Bertz CT molecular complexity index is 1030. The van der Waals surface area contributed by atoms with Crippen molar-refractivity contribution in [2.45, 2.75) is 17.4 Å². The van der Waals surface area contributed by atoms with Crippen molar-refractivity contribution in [3.63, 3.8) is 0 Å². The first-order valence-corrected chi connectivity index (χ1v) is 10.6. The molecule has 2 aromatic carbocycles. The highest BCUT2D eigenvalue weighted by Gasteiger charge is 2.30. The highest BCUT2D eigenvalue weighted by Crippen LogP contribution is 2.35. The molecule has 1 aliphatic rings. The summed E-state index contributed by atoms with van der Waals surface area (Å²) in [4.78, 5) is 2.40. The Morgan fingerprint density at radius 2 is 1.89 bits per heavy atom. The molecule has 28 heavy (non-hydrogen) atoms. The molecule has 1 N–H and O–H groups in total. The summed E-state index contributed by atoms with van der Waals surface area (Å²) in [5, 5.41) is 0. The van der Waals surface area contributed by atoms with E-state index < -0.39 is 10.0 Å². The summed E-state index contributed by atoms with van der Waals surface area (Å²) in [5.74, 6) is 1.34. The lowest BCUT2D eigenvalue weighted by Crippen LogP contribution is -2.37. The van der Waals surface area contributed by atoms with Gasteiger partial charge in [-0.1, -0.05) is 18.2 Å². The molecule has 1 aliphatic heterocycles. The molecule has 2 heterocycles. The van der Waals surface area contributed by atoms with Gasteiger partial charge >= 0.3 is 0 Å². The van der Waals surface area contributed by atoms with Crippen LogP contribution in [0, 0.1) is 0 Å². The molecule has 0 unspecified atom stereocenters. The number of nitrogens with zero attached hydrogens (tertiary/aromatic N) is 1. The standard InChI is InChI=1S/C21H22N2O4S/c1-26-17-8-10-18(11-9-17)28(24,25)22-15-20(21-7-4-14-27-21)23-13-12-16-5-2-3-6-19(16)23/h2-11,14,20,22H,12-13,15H2,1H3/t20-/m0/s1. The minimum atomic E-state index is -3.65. The van der Waals surface area contributed by atoms with Crippen LogP contribution in [0.2, 0.25) is 0 Å². The number of hydrogen-bond donors (Lipinski definition) is 1. The van der Waals surface area contributed by atoms with Gasteiger partial charge in [-0.2, -0.15) is 0 Å². The highest BCUT2D eigenvalue weighted by atomic mass is 32.2. The number of sulfonamides is 1. The number of furan rings is 1. The van der Waals surface area contributed by atoms with Crippen LogP contribution in [0.1, 0.15) is 17.4 Å². The Morgan fingerprint density at radius 3 is 2.61 bits per heavy atom. The van der Waals surface area contributed by atoms with Crippen molar-refractivity contribution in [2.24, 2.45) is 0 Å². The van der Waals surface area contributed by atoms with Crippen LogP contribution < -0.4 is 14.4 Å². The summed E-state index contributed by atoms with van der Waals surface area (Å²) in [7, 11) is -2.11. The van der Waals surface area contributed by atoms with Crippen molar-refractivity contribution in [2.75, 3.05) is 25.1 Å². The predicted molar refractivity (Wildman–Crippen MR) is 107 cm³/mol. The summed E-state index contributed by atoms with van der Waals surface area (Å²) in [6.07, 6.45) is 2.54. The minimum Gasteiger partial charge on any atom is -0.497 e. The van der Waals surface area contributed by atoms with Crippen molar-refractivity contribution < 1.29 is 17.6 Å². The van der Waals surface area contributed by atoms with Gasteiger partial charge in [0, 0.05) is 18.8 Å².